The van der Waals surface area contributed by atoms with E-state index in [0.29, 0.717) is 35.2 Å². The second-order valence-corrected chi connectivity index (χ2v) is 8.35. The molecule has 9 nitrogen and oxygen atoms in total. The lowest BCUT2D eigenvalue weighted by Crippen LogP contribution is -2.46. The minimum Gasteiger partial charge on any atom is -0.497 e. The van der Waals surface area contributed by atoms with E-state index in [-0.39, 0.29) is 18.9 Å². The molecule has 0 saturated carbocycles. The van der Waals surface area contributed by atoms with Crippen molar-refractivity contribution in [3.05, 3.63) is 78.4 Å². The molecular weight excluding hydrogens is 474 g/mol. The number of methoxy groups -OCH3 is 2. The van der Waals surface area contributed by atoms with Crippen LogP contribution in [0.5, 0.6) is 17.2 Å². The molecule has 1 heterocycles. The third-order valence-corrected chi connectivity index (χ3v) is 6.02. The van der Waals surface area contributed by atoms with Gasteiger partial charge in [0.1, 0.15) is 23.3 Å². The number of carbonyl (C=O) groups is 3. The van der Waals surface area contributed by atoms with E-state index in [9.17, 15) is 14.4 Å². The predicted molar refractivity (Wildman–Crippen MR) is 139 cm³/mol. The molecule has 9 heteroatoms. The van der Waals surface area contributed by atoms with Crippen molar-refractivity contribution in [3.63, 3.8) is 0 Å². The fraction of sp³-hybridized carbons (Fsp3) is 0.250. The molecule has 4 rings (SSSR count). The zero-order valence-electron chi connectivity index (χ0n) is 21.0. The van der Waals surface area contributed by atoms with Crippen molar-refractivity contribution < 1.29 is 28.6 Å². The van der Waals surface area contributed by atoms with Gasteiger partial charge in [-0.25, -0.2) is 9.69 Å². The highest BCUT2D eigenvalue weighted by molar-refractivity contribution is 6.23. The molecule has 1 saturated heterocycles. The van der Waals surface area contributed by atoms with Crippen LogP contribution in [0.2, 0.25) is 0 Å². The third-order valence-electron chi connectivity index (χ3n) is 6.02. The fourth-order valence-corrected chi connectivity index (χ4v) is 4.11. The van der Waals surface area contributed by atoms with Gasteiger partial charge in [0.15, 0.2) is 0 Å². The Bertz CT molecular complexity index is 1240. The molecule has 1 unspecified atom stereocenters. The van der Waals surface area contributed by atoms with Crippen LogP contribution in [0.3, 0.4) is 0 Å². The largest absolute Gasteiger partial charge is 0.497 e. The van der Waals surface area contributed by atoms with E-state index >= 15 is 0 Å². The number of nitrogens with zero attached hydrogens (tertiary/aromatic N) is 2. The normalized spacial score (nSPS) is 14.9. The highest BCUT2D eigenvalue weighted by Crippen LogP contribution is 2.29. The number of carbonyl (C=O) groups excluding carboxylic acids is 3. The van der Waals surface area contributed by atoms with Crippen LogP contribution in [-0.4, -0.2) is 49.6 Å². The number of urea groups is 1. The number of nitrogens with one attached hydrogen (secondary N) is 1. The molecule has 192 valence electrons. The van der Waals surface area contributed by atoms with E-state index in [2.05, 4.69) is 5.32 Å². The number of hydrogen-bond donors (Lipinski definition) is 1. The van der Waals surface area contributed by atoms with Crippen LogP contribution in [0.25, 0.3) is 0 Å². The summed E-state index contributed by atoms with van der Waals surface area (Å²) in [6, 6.07) is 19.3. The minimum atomic E-state index is -0.973. The summed E-state index contributed by atoms with van der Waals surface area (Å²) in [4.78, 5) is 42.5. The van der Waals surface area contributed by atoms with E-state index in [4.69, 9.17) is 14.2 Å². The van der Waals surface area contributed by atoms with Crippen LogP contribution >= 0.6 is 0 Å². The number of benzene rings is 3. The SMILES string of the molecule is CCOc1ccc(N2C(=O)CC(N(Cc3ccc(OC)cc3)C(=O)Nc3ccc(OC)cc3)C2=O)cc1. The van der Waals surface area contributed by atoms with Crippen molar-refractivity contribution in [3.8, 4) is 17.2 Å². The summed E-state index contributed by atoms with van der Waals surface area (Å²) in [5.41, 5.74) is 1.75. The Morgan fingerprint density at radius 3 is 2.03 bits per heavy atom. The number of imide groups is 1. The summed E-state index contributed by atoms with van der Waals surface area (Å²) >= 11 is 0. The zero-order chi connectivity index (χ0) is 26.4. The van der Waals surface area contributed by atoms with E-state index in [0.717, 1.165) is 10.5 Å². The van der Waals surface area contributed by atoms with Crippen molar-refractivity contribution in [2.24, 2.45) is 0 Å². The van der Waals surface area contributed by atoms with Gasteiger partial charge in [-0.1, -0.05) is 12.1 Å². The first-order valence-electron chi connectivity index (χ1n) is 11.9. The maximum absolute atomic E-state index is 13.5. The van der Waals surface area contributed by atoms with Crippen molar-refractivity contribution in [2.75, 3.05) is 31.0 Å². The maximum atomic E-state index is 13.5. The summed E-state index contributed by atoms with van der Waals surface area (Å²) in [6.45, 7) is 2.50. The second-order valence-electron chi connectivity index (χ2n) is 8.35. The van der Waals surface area contributed by atoms with Crippen LogP contribution < -0.4 is 24.4 Å². The van der Waals surface area contributed by atoms with Gasteiger partial charge < -0.3 is 24.4 Å². The quantitative estimate of drug-likeness (QED) is 0.433. The second kappa shape index (κ2) is 11.5. The van der Waals surface area contributed by atoms with Gasteiger partial charge in [0, 0.05) is 12.2 Å². The van der Waals surface area contributed by atoms with Crippen molar-refractivity contribution in [1.29, 1.82) is 0 Å². The molecule has 1 fully saturated rings. The van der Waals surface area contributed by atoms with Crippen LogP contribution in [-0.2, 0) is 16.1 Å². The van der Waals surface area contributed by atoms with Crippen molar-refractivity contribution in [2.45, 2.75) is 25.9 Å². The molecule has 0 aliphatic carbocycles. The molecule has 1 N–H and O–H groups in total. The summed E-state index contributed by atoms with van der Waals surface area (Å²) in [5, 5.41) is 2.83. The van der Waals surface area contributed by atoms with Gasteiger partial charge in [0.2, 0.25) is 5.91 Å². The molecule has 1 atom stereocenters. The van der Waals surface area contributed by atoms with E-state index < -0.39 is 18.0 Å². The average Bonchev–Trinajstić information content (AvgIpc) is 3.21. The molecule has 3 aromatic rings. The average molecular weight is 504 g/mol. The van der Waals surface area contributed by atoms with Gasteiger partial charge in [-0.3, -0.25) is 9.59 Å². The Balaban J connectivity index is 1.60. The van der Waals surface area contributed by atoms with Gasteiger partial charge in [-0.2, -0.15) is 0 Å². The lowest BCUT2D eigenvalue weighted by atomic mass is 10.1. The van der Waals surface area contributed by atoms with Gasteiger partial charge in [0.05, 0.1) is 32.9 Å². The zero-order valence-corrected chi connectivity index (χ0v) is 21.0. The van der Waals surface area contributed by atoms with Crippen LogP contribution in [0.1, 0.15) is 18.9 Å². The molecule has 1 aliphatic heterocycles. The van der Waals surface area contributed by atoms with Crippen LogP contribution in [0, 0.1) is 0 Å². The van der Waals surface area contributed by atoms with Gasteiger partial charge in [0.25, 0.3) is 5.91 Å². The van der Waals surface area contributed by atoms with Crippen molar-refractivity contribution in [1.82, 2.24) is 4.90 Å². The highest BCUT2D eigenvalue weighted by Gasteiger charge is 2.44. The molecule has 0 spiro atoms. The summed E-state index contributed by atoms with van der Waals surface area (Å²) < 4.78 is 15.8. The minimum absolute atomic E-state index is 0.118. The first-order chi connectivity index (χ1) is 17.9. The summed E-state index contributed by atoms with van der Waals surface area (Å²) in [5.74, 6) is 1.12. The van der Waals surface area contributed by atoms with E-state index in [1.807, 2.05) is 19.1 Å². The Morgan fingerprint density at radius 2 is 1.46 bits per heavy atom. The van der Waals surface area contributed by atoms with Crippen LogP contribution in [0.15, 0.2) is 72.8 Å². The number of hydrogen-bond acceptors (Lipinski definition) is 6. The number of rotatable bonds is 9. The number of ether oxygens (including phenoxy) is 3. The fourth-order valence-electron chi connectivity index (χ4n) is 4.11. The number of amides is 4. The molecule has 37 heavy (non-hydrogen) atoms. The highest BCUT2D eigenvalue weighted by atomic mass is 16.5. The first kappa shape index (κ1) is 25.6. The molecule has 0 radical (unpaired) electrons. The van der Waals surface area contributed by atoms with Gasteiger partial charge >= 0.3 is 6.03 Å². The molecular formula is C28H29N3O6. The van der Waals surface area contributed by atoms with Crippen LogP contribution in [0.4, 0.5) is 16.2 Å². The Hall–Kier alpha value is -4.53. The molecule has 0 aromatic heterocycles. The predicted octanol–water partition coefficient (Wildman–Crippen LogP) is 4.47. The topological polar surface area (TPSA) is 97.4 Å². The van der Waals surface area contributed by atoms with Gasteiger partial charge in [-0.15, -0.1) is 0 Å². The number of anilines is 2. The Labute approximate surface area is 215 Å². The Morgan fingerprint density at radius 1 is 0.892 bits per heavy atom. The monoisotopic (exact) mass is 503 g/mol. The lowest BCUT2D eigenvalue weighted by molar-refractivity contribution is -0.122. The lowest BCUT2D eigenvalue weighted by Gasteiger charge is -2.28. The molecule has 3 aromatic carbocycles. The maximum Gasteiger partial charge on any atom is 0.322 e. The standard InChI is InChI=1S/C28H29N3O6/c1-4-37-24-15-9-21(10-16-24)31-26(32)17-25(27(31)33)30(18-19-5-11-22(35-2)12-6-19)28(34)29-20-7-13-23(36-3)14-8-20/h5-16,25H,4,17-18H2,1-3H3,(H,29,34). The van der Waals surface area contributed by atoms with E-state index in [1.165, 1.54) is 4.90 Å². The van der Waals surface area contributed by atoms with E-state index in [1.54, 1.807) is 74.9 Å². The molecule has 0 bridgehead atoms. The first-order valence-corrected chi connectivity index (χ1v) is 11.9. The Kier molecular flexibility index (Phi) is 7.92. The smallest absolute Gasteiger partial charge is 0.322 e. The molecule has 4 amide bonds. The molecule has 1 aliphatic rings. The summed E-state index contributed by atoms with van der Waals surface area (Å²) in [6.07, 6.45) is -0.127. The van der Waals surface area contributed by atoms with Crippen molar-refractivity contribution >= 4 is 29.2 Å². The third kappa shape index (κ3) is 5.83. The summed E-state index contributed by atoms with van der Waals surface area (Å²) in [7, 11) is 3.13. The van der Waals surface area contributed by atoms with Gasteiger partial charge in [-0.05, 0) is 73.2 Å².